The molecule has 0 aliphatic heterocycles. The molecular weight excluding hydrogens is 262 g/mol. The number of nitrogens with one attached hydrogen (secondary N) is 1. The van der Waals surface area contributed by atoms with Crippen LogP contribution in [0.2, 0.25) is 0 Å². The van der Waals surface area contributed by atoms with Crippen molar-refractivity contribution in [2.45, 2.75) is 6.42 Å². The van der Waals surface area contributed by atoms with Crippen molar-refractivity contribution in [1.29, 1.82) is 0 Å². The first-order chi connectivity index (χ1) is 10.4. The van der Waals surface area contributed by atoms with Gasteiger partial charge in [-0.2, -0.15) is 0 Å². The Balaban J connectivity index is 1.75. The average Bonchev–Trinajstić information content (AvgIpc) is 2.55. The quantitative estimate of drug-likeness (QED) is 0.778. The second-order valence-corrected chi connectivity index (χ2v) is 4.74. The van der Waals surface area contributed by atoms with Crippen LogP contribution in [0.4, 0.5) is 5.82 Å². The SMILES string of the molecule is COc1ccc2c(NCCc3ccccn3)nccc2c1. The zero-order chi connectivity index (χ0) is 14.5. The largest absolute Gasteiger partial charge is 0.497 e. The summed E-state index contributed by atoms with van der Waals surface area (Å²) in [7, 11) is 1.67. The summed E-state index contributed by atoms with van der Waals surface area (Å²) in [5, 5.41) is 5.59. The highest BCUT2D eigenvalue weighted by atomic mass is 16.5. The highest BCUT2D eigenvalue weighted by molar-refractivity contribution is 5.92. The Morgan fingerprint density at radius 2 is 2.00 bits per heavy atom. The van der Waals surface area contributed by atoms with Gasteiger partial charge in [-0.3, -0.25) is 4.98 Å². The van der Waals surface area contributed by atoms with Crippen LogP contribution < -0.4 is 10.1 Å². The molecule has 0 radical (unpaired) electrons. The molecule has 106 valence electrons. The van der Waals surface area contributed by atoms with Gasteiger partial charge >= 0.3 is 0 Å². The Kier molecular flexibility index (Phi) is 3.96. The first-order valence-corrected chi connectivity index (χ1v) is 6.93. The Morgan fingerprint density at radius 1 is 1.05 bits per heavy atom. The van der Waals surface area contributed by atoms with Gasteiger partial charge in [0.2, 0.25) is 0 Å². The number of nitrogens with zero attached hydrogens (tertiary/aromatic N) is 2. The van der Waals surface area contributed by atoms with Gasteiger partial charge in [-0.15, -0.1) is 0 Å². The molecule has 1 N–H and O–H groups in total. The molecule has 0 atom stereocenters. The molecule has 3 rings (SSSR count). The summed E-state index contributed by atoms with van der Waals surface area (Å²) < 4.78 is 5.25. The minimum absolute atomic E-state index is 0.801. The lowest BCUT2D eigenvalue weighted by atomic mass is 10.1. The van der Waals surface area contributed by atoms with Crippen LogP contribution in [-0.2, 0) is 6.42 Å². The number of hydrogen-bond donors (Lipinski definition) is 1. The molecule has 0 aliphatic carbocycles. The molecular formula is C17H17N3O. The summed E-state index contributed by atoms with van der Waals surface area (Å²) in [4.78, 5) is 8.74. The van der Waals surface area contributed by atoms with Gasteiger partial charge in [0.25, 0.3) is 0 Å². The Labute approximate surface area is 123 Å². The maximum absolute atomic E-state index is 5.25. The van der Waals surface area contributed by atoms with Crippen LogP contribution in [0.5, 0.6) is 5.75 Å². The maximum atomic E-state index is 5.25. The second kappa shape index (κ2) is 6.22. The monoisotopic (exact) mass is 279 g/mol. The van der Waals surface area contributed by atoms with Crippen LogP contribution >= 0.6 is 0 Å². The number of rotatable bonds is 5. The predicted octanol–water partition coefficient (Wildman–Crippen LogP) is 3.29. The highest BCUT2D eigenvalue weighted by Crippen LogP contribution is 2.25. The number of pyridine rings is 2. The summed E-state index contributed by atoms with van der Waals surface area (Å²) in [6.07, 6.45) is 4.50. The predicted molar refractivity (Wildman–Crippen MR) is 84.7 cm³/mol. The molecule has 0 amide bonds. The van der Waals surface area contributed by atoms with Crippen LogP contribution in [0.15, 0.2) is 54.9 Å². The molecule has 2 aromatic heterocycles. The van der Waals surface area contributed by atoms with E-state index in [0.29, 0.717) is 0 Å². The van der Waals surface area contributed by atoms with E-state index < -0.39 is 0 Å². The summed E-state index contributed by atoms with van der Waals surface area (Å²) in [5.74, 6) is 1.75. The van der Waals surface area contributed by atoms with Crippen LogP contribution in [0, 0.1) is 0 Å². The summed E-state index contributed by atoms with van der Waals surface area (Å²) >= 11 is 0. The fourth-order valence-electron chi connectivity index (χ4n) is 2.28. The molecule has 1 aromatic carbocycles. The first kappa shape index (κ1) is 13.4. The van der Waals surface area contributed by atoms with E-state index in [1.54, 1.807) is 7.11 Å². The van der Waals surface area contributed by atoms with Crippen molar-refractivity contribution in [3.8, 4) is 5.75 Å². The van der Waals surface area contributed by atoms with E-state index >= 15 is 0 Å². The summed E-state index contributed by atoms with van der Waals surface area (Å²) in [5.41, 5.74) is 1.08. The molecule has 4 nitrogen and oxygen atoms in total. The summed E-state index contributed by atoms with van der Waals surface area (Å²) in [6.45, 7) is 0.801. The van der Waals surface area contributed by atoms with Gasteiger partial charge in [0.1, 0.15) is 11.6 Å². The zero-order valence-corrected chi connectivity index (χ0v) is 11.9. The Bertz CT molecular complexity index is 728. The smallest absolute Gasteiger partial charge is 0.133 e. The molecule has 3 aromatic rings. The summed E-state index contributed by atoms with van der Waals surface area (Å²) in [6, 6.07) is 13.9. The number of fused-ring (bicyclic) bond motifs is 1. The maximum Gasteiger partial charge on any atom is 0.133 e. The van der Waals surface area contributed by atoms with Crippen molar-refractivity contribution < 1.29 is 4.74 Å². The van der Waals surface area contributed by atoms with Crippen molar-refractivity contribution in [3.63, 3.8) is 0 Å². The molecule has 0 bridgehead atoms. The number of hydrogen-bond acceptors (Lipinski definition) is 4. The average molecular weight is 279 g/mol. The Morgan fingerprint density at radius 3 is 2.81 bits per heavy atom. The van der Waals surface area contributed by atoms with Crippen molar-refractivity contribution in [2.24, 2.45) is 0 Å². The van der Waals surface area contributed by atoms with E-state index in [0.717, 1.165) is 41.0 Å². The van der Waals surface area contributed by atoms with Crippen LogP contribution in [-0.4, -0.2) is 23.6 Å². The molecule has 2 heterocycles. The Hall–Kier alpha value is -2.62. The first-order valence-electron chi connectivity index (χ1n) is 6.93. The second-order valence-electron chi connectivity index (χ2n) is 4.74. The standard InChI is InChI=1S/C17H17N3O/c1-21-15-5-6-16-13(12-15)7-10-19-17(16)20-11-8-14-4-2-3-9-18-14/h2-7,9-10,12H,8,11H2,1H3,(H,19,20). The number of aromatic nitrogens is 2. The lowest BCUT2D eigenvalue weighted by molar-refractivity contribution is 0.415. The lowest BCUT2D eigenvalue weighted by Gasteiger charge is -2.09. The molecule has 4 heteroatoms. The zero-order valence-electron chi connectivity index (χ0n) is 11.9. The number of anilines is 1. The minimum Gasteiger partial charge on any atom is -0.497 e. The van der Waals surface area contributed by atoms with Crippen molar-refractivity contribution in [1.82, 2.24) is 9.97 Å². The van der Waals surface area contributed by atoms with Gasteiger partial charge in [0.05, 0.1) is 7.11 Å². The fourth-order valence-corrected chi connectivity index (χ4v) is 2.28. The molecule has 0 spiro atoms. The van der Waals surface area contributed by atoms with E-state index in [1.165, 1.54) is 0 Å². The van der Waals surface area contributed by atoms with Gasteiger partial charge in [0.15, 0.2) is 0 Å². The molecule has 0 saturated carbocycles. The fraction of sp³-hybridized carbons (Fsp3) is 0.176. The van der Waals surface area contributed by atoms with Crippen LogP contribution in [0.25, 0.3) is 10.8 Å². The van der Waals surface area contributed by atoms with E-state index in [4.69, 9.17) is 4.74 Å². The third-order valence-electron chi connectivity index (χ3n) is 3.37. The van der Waals surface area contributed by atoms with Gasteiger partial charge in [-0.1, -0.05) is 6.07 Å². The normalized spacial score (nSPS) is 10.5. The minimum atomic E-state index is 0.801. The number of benzene rings is 1. The number of ether oxygens (including phenoxy) is 1. The third-order valence-corrected chi connectivity index (χ3v) is 3.37. The van der Waals surface area contributed by atoms with Gasteiger partial charge < -0.3 is 10.1 Å². The molecule has 0 unspecified atom stereocenters. The van der Waals surface area contributed by atoms with Crippen LogP contribution in [0.3, 0.4) is 0 Å². The van der Waals surface area contributed by atoms with E-state index in [2.05, 4.69) is 15.3 Å². The van der Waals surface area contributed by atoms with Crippen molar-refractivity contribution in [2.75, 3.05) is 19.0 Å². The van der Waals surface area contributed by atoms with Gasteiger partial charge in [-0.05, 0) is 41.8 Å². The molecule has 0 aliphatic rings. The van der Waals surface area contributed by atoms with Crippen molar-refractivity contribution >= 4 is 16.6 Å². The van der Waals surface area contributed by atoms with E-state index in [1.807, 2.05) is 54.9 Å². The third kappa shape index (κ3) is 3.11. The molecule has 21 heavy (non-hydrogen) atoms. The highest BCUT2D eigenvalue weighted by Gasteiger charge is 2.03. The number of methoxy groups -OCH3 is 1. The topological polar surface area (TPSA) is 47.0 Å². The lowest BCUT2D eigenvalue weighted by Crippen LogP contribution is -2.07. The van der Waals surface area contributed by atoms with Gasteiger partial charge in [-0.25, -0.2) is 4.98 Å². The van der Waals surface area contributed by atoms with E-state index in [9.17, 15) is 0 Å². The van der Waals surface area contributed by atoms with Crippen LogP contribution in [0.1, 0.15) is 5.69 Å². The van der Waals surface area contributed by atoms with E-state index in [-0.39, 0.29) is 0 Å². The molecule has 0 fully saturated rings. The molecule has 0 saturated heterocycles. The van der Waals surface area contributed by atoms with Gasteiger partial charge in [0, 0.05) is 36.4 Å². The van der Waals surface area contributed by atoms with Crippen molar-refractivity contribution in [3.05, 3.63) is 60.6 Å².